The molecular weight excluding hydrogens is 248 g/mol. The van der Waals surface area contributed by atoms with Gasteiger partial charge in [-0.2, -0.15) is 0 Å². The van der Waals surface area contributed by atoms with E-state index in [0.717, 1.165) is 42.1 Å². The van der Waals surface area contributed by atoms with Gasteiger partial charge in [0, 0.05) is 5.56 Å². The van der Waals surface area contributed by atoms with Gasteiger partial charge >= 0.3 is 0 Å². The van der Waals surface area contributed by atoms with E-state index in [0.29, 0.717) is 5.92 Å². The molecule has 1 N–H and O–H groups in total. The van der Waals surface area contributed by atoms with Gasteiger partial charge < -0.3 is 9.84 Å². The third-order valence-corrected chi connectivity index (χ3v) is 5.44. The van der Waals surface area contributed by atoms with Crippen molar-refractivity contribution in [3.63, 3.8) is 0 Å². The molecule has 2 saturated carbocycles. The van der Waals surface area contributed by atoms with Gasteiger partial charge in [-0.15, -0.1) is 0 Å². The molecule has 0 heterocycles. The van der Waals surface area contributed by atoms with Crippen molar-refractivity contribution in [2.45, 2.75) is 58.0 Å². The first-order valence-corrected chi connectivity index (χ1v) is 7.92. The van der Waals surface area contributed by atoms with E-state index in [1.165, 1.54) is 24.8 Å². The Hall–Kier alpha value is -1.02. The minimum Gasteiger partial charge on any atom is -0.496 e. The van der Waals surface area contributed by atoms with Crippen LogP contribution in [0.25, 0.3) is 0 Å². The number of hydrogen-bond donors (Lipinski definition) is 1. The smallest absolute Gasteiger partial charge is 0.128 e. The van der Waals surface area contributed by atoms with Crippen molar-refractivity contribution >= 4 is 0 Å². The fraction of sp³-hybridized carbons (Fsp3) is 0.667. The van der Waals surface area contributed by atoms with Crippen LogP contribution in [-0.4, -0.2) is 12.2 Å². The molecule has 110 valence electrons. The van der Waals surface area contributed by atoms with Crippen LogP contribution < -0.4 is 4.74 Å². The molecule has 0 bridgehead atoms. The summed E-state index contributed by atoms with van der Waals surface area (Å²) in [6.45, 7) is 4.18. The van der Waals surface area contributed by atoms with E-state index in [1.807, 2.05) is 0 Å². The highest BCUT2D eigenvalue weighted by atomic mass is 16.5. The summed E-state index contributed by atoms with van der Waals surface area (Å²) in [4.78, 5) is 0. The van der Waals surface area contributed by atoms with E-state index in [9.17, 15) is 5.11 Å². The molecule has 2 aliphatic carbocycles. The summed E-state index contributed by atoms with van der Waals surface area (Å²) in [6, 6.07) is 4.20. The van der Waals surface area contributed by atoms with Gasteiger partial charge in [-0.1, -0.05) is 12.1 Å². The Labute approximate surface area is 122 Å². The predicted molar refractivity (Wildman–Crippen MR) is 81.0 cm³/mol. The van der Waals surface area contributed by atoms with Crippen molar-refractivity contribution in [3.05, 3.63) is 28.8 Å². The fourth-order valence-electron chi connectivity index (χ4n) is 3.93. The van der Waals surface area contributed by atoms with Gasteiger partial charge in [0.2, 0.25) is 0 Å². The van der Waals surface area contributed by atoms with Crippen molar-refractivity contribution in [1.82, 2.24) is 0 Å². The van der Waals surface area contributed by atoms with Crippen molar-refractivity contribution in [3.8, 4) is 5.75 Å². The predicted octanol–water partition coefficient (Wildman–Crippen LogP) is 4.10. The van der Waals surface area contributed by atoms with Gasteiger partial charge in [0.25, 0.3) is 0 Å². The van der Waals surface area contributed by atoms with Gasteiger partial charge in [-0.3, -0.25) is 0 Å². The van der Waals surface area contributed by atoms with E-state index < -0.39 is 5.60 Å². The zero-order valence-corrected chi connectivity index (χ0v) is 12.9. The molecule has 3 rings (SSSR count). The molecule has 0 radical (unpaired) electrons. The van der Waals surface area contributed by atoms with E-state index in [2.05, 4.69) is 26.0 Å². The maximum absolute atomic E-state index is 11.2. The molecule has 2 nitrogen and oxygen atoms in total. The minimum atomic E-state index is -0.685. The summed E-state index contributed by atoms with van der Waals surface area (Å²) >= 11 is 0. The lowest BCUT2D eigenvalue weighted by Crippen LogP contribution is -2.34. The first-order chi connectivity index (χ1) is 9.55. The number of aryl methyl sites for hydroxylation is 1. The molecular formula is C18H26O2. The average Bonchev–Trinajstić information content (AvgIpc) is 3.26. The normalized spacial score (nSPS) is 30.3. The molecule has 2 fully saturated rings. The van der Waals surface area contributed by atoms with Crippen molar-refractivity contribution in [2.75, 3.05) is 7.11 Å². The number of methoxy groups -OCH3 is 1. The number of benzene rings is 1. The SMILES string of the molecule is COc1c(C2(O)CCCC(C3CC3)C2)ccc(C)c1C. The van der Waals surface area contributed by atoms with Crippen molar-refractivity contribution < 1.29 is 9.84 Å². The highest BCUT2D eigenvalue weighted by molar-refractivity contribution is 5.48. The maximum Gasteiger partial charge on any atom is 0.128 e. The second-order valence-electron chi connectivity index (χ2n) is 6.81. The van der Waals surface area contributed by atoms with E-state index in [4.69, 9.17) is 4.74 Å². The summed E-state index contributed by atoms with van der Waals surface area (Å²) in [6.07, 6.45) is 6.94. The Morgan fingerprint density at radius 3 is 2.55 bits per heavy atom. The quantitative estimate of drug-likeness (QED) is 0.899. The summed E-state index contributed by atoms with van der Waals surface area (Å²) < 4.78 is 5.63. The van der Waals surface area contributed by atoms with E-state index in [-0.39, 0.29) is 0 Å². The first kappa shape index (κ1) is 13.9. The minimum absolute atomic E-state index is 0.685. The van der Waals surface area contributed by atoms with Gasteiger partial charge in [-0.05, 0) is 75.3 Å². The lowest BCUT2D eigenvalue weighted by Gasteiger charge is -2.38. The molecule has 0 spiro atoms. The largest absolute Gasteiger partial charge is 0.496 e. The van der Waals surface area contributed by atoms with Crippen LogP contribution in [0, 0.1) is 25.7 Å². The fourth-order valence-corrected chi connectivity index (χ4v) is 3.93. The zero-order valence-electron chi connectivity index (χ0n) is 12.9. The van der Waals surface area contributed by atoms with Gasteiger partial charge in [-0.25, -0.2) is 0 Å². The zero-order chi connectivity index (χ0) is 14.3. The Kier molecular flexibility index (Phi) is 3.53. The molecule has 0 amide bonds. The lowest BCUT2D eigenvalue weighted by molar-refractivity contribution is -0.0268. The monoisotopic (exact) mass is 274 g/mol. The molecule has 0 saturated heterocycles. The molecule has 0 aromatic heterocycles. The van der Waals surface area contributed by atoms with Crippen LogP contribution in [0.3, 0.4) is 0 Å². The highest BCUT2D eigenvalue weighted by Gasteiger charge is 2.43. The number of hydrogen-bond acceptors (Lipinski definition) is 2. The van der Waals surface area contributed by atoms with Crippen molar-refractivity contribution in [2.24, 2.45) is 11.8 Å². The van der Waals surface area contributed by atoms with Crippen LogP contribution in [0.1, 0.15) is 55.2 Å². The Bertz CT molecular complexity index is 504. The van der Waals surface area contributed by atoms with Crippen LogP contribution in [0.5, 0.6) is 5.75 Å². The standard InChI is InChI=1S/C18H26O2/c1-12-6-9-16(17(20-3)13(12)2)18(19)10-4-5-15(11-18)14-7-8-14/h6,9,14-15,19H,4-5,7-8,10-11H2,1-3H3. The van der Waals surface area contributed by atoms with Crippen LogP contribution >= 0.6 is 0 Å². The Morgan fingerprint density at radius 1 is 1.15 bits per heavy atom. The molecule has 1 aromatic carbocycles. The van der Waals surface area contributed by atoms with Crippen molar-refractivity contribution in [1.29, 1.82) is 0 Å². The molecule has 0 aliphatic heterocycles. The molecule has 2 unspecified atom stereocenters. The molecule has 2 heteroatoms. The van der Waals surface area contributed by atoms with Crippen LogP contribution in [0.2, 0.25) is 0 Å². The van der Waals surface area contributed by atoms with E-state index >= 15 is 0 Å². The number of ether oxygens (including phenoxy) is 1. The number of aliphatic hydroxyl groups is 1. The average molecular weight is 274 g/mol. The second-order valence-corrected chi connectivity index (χ2v) is 6.81. The van der Waals surface area contributed by atoms with Gasteiger partial charge in [0.15, 0.2) is 0 Å². The molecule has 2 aliphatic rings. The highest BCUT2D eigenvalue weighted by Crippen LogP contribution is 2.51. The third kappa shape index (κ3) is 2.35. The van der Waals surface area contributed by atoms with Crippen LogP contribution in [0.4, 0.5) is 0 Å². The summed E-state index contributed by atoms with van der Waals surface area (Å²) in [7, 11) is 1.72. The summed E-state index contributed by atoms with van der Waals surface area (Å²) in [5.74, 6) is 2.48. The maximum atomic E-state index is 11.2. The van der Waals surface area contributed by atoms with Crippen LogP contribution in [0.15, 0.2) is 12.1 Å². The topological polar surface area (TPSA) is 29.5 Å². The van der Waals surface area contributed by atoms with E-state index in [1.54, 1.807) is 7.11 Å². The summed E-state index contributed by atoms with van der Waals surface area (Å²) in [5, 5.41) is 11.2. The summed E-state index contributed by atoms with van der Waals surface area (Å²) in [5.41, 5.74) is 2.71. The molecule has 20 heavy (non-hydrogen) atoms. The number of rotatable bonds is 3. The Balaban J connectivity index is 1.95. The van der Waals surface area contributed by atoms with Gasteiger partial charge in [0.1, 0.15) is 5.75 Å². The molecule has 1 aromatic rings. The molecule has 2 atom stereocenters. The first-order valence-electron chi connectivity index (χ1n) is 7.92. The van der Waals surface area contributed by atoms with Crippen LogP contribution in [-0.2, 0) is 5.60 Å². The van der Waals surface area contributed by atoms with Gasteiger partial charge in [0.05, 0.1) is 12.7 Å². The third-order valence-electron chi connectivity index (χ3n) is 5.44. The Morgan fingerprint density at radius 2 is 1.90 bits per heavy atom. The second kappa shape index (κ2) is 5.07. The lowest BCUT2D eigenvalue weighted by atomic mass is 9.72.